The number of hydrogen-bond acceptors (Lipinski definition) is 5. The highest BCUT2D eigenvalue weighted by molar-refractivity contribution is 7.98. The van der Waals surface area contributed by atoms with Crippen molar-refractivity contribution in [3.05, 3.63) is 94.5 Å². The van der Waals surface area contributed by atoms with Crippen molar-refractivity contribution in [1.29, 1.82) is 0 Å². The molecule has 31 heavy (non-hydrogen) atoms. The highest BCUT2D eigenvalue weighted by Crippen LogP contribution is 2.34. The second-order valence-corrected chi connectivity index (χ2v) is 10.3. The number of rotatable bonds is 6. The van der Waals surface area contributed by atoms with Gasteiger partial charge in [-0.3, -0.25) is 9.59 Å². The molecule has 0 atom stereocenters. The van der Waals surface area contributed by atoms with Crippen LogP contribution in [0.1, 0.15) is 37.4 Å². The van der Waals surface area contributed by atoms with Crippen LogP contribution in [0.5, 0.6) is 0 Å². The van der Waals surface area contributed by atoms with Crippen molar-refractivity contribution in [2.45, 2.75) is 22.5 Å². The predicted molar refractivity (Wildman–Crippen MR) is 121 cm³/mol. The minimum Gasteiger partial charge on any atom is -0.351 e. The molecule has 1 N–H and O–H groups in total. The fourth-order valence-corrected chi connectivity index (χ4v) is 5.93. The van der Waals surface area contributed by atoms with E-state index >= 15 is 0 Å². The van der Waals surface area contributed by atoms with Gasteiger partial charge in [0.05, 0.1) is 9.79 Å². The van der Waals surface area contributed by atoms with Crippen LogP contribution < -0.4 is 5.32 Å². The van der Waals surface area contributed by atoms with Crippen molar-refractivity contribution in [2.24, 2.45) is 0 Å². The second kappa shape index (κ2) is 8.69. The zero-order valence-electron chi connectivity index (χ0n) is 16.9. The Bertz CT molecular complexity index is 1260. The van der Waals surface area contributed by atoms with E-state index < -0.39 is 9.84 Å². The van der Waals surface area contributed by atoms with Gasteiger partial charge in [0, 0.05) is 34.7 Å². The van der Waals surface area contributed by atoms with Gasteiger partial charge in [-0.05, 0) is 42.8 Å². The topological polar surface area (TPSA) is 80.3 Å². The Kier molecular flexibility index (Phi) is 5.98. The van der Waals surface area contributed by atoms with Crippen molar-refractivity contribution in [3.8, 4) is 0 Å². The normalized spacial score (nSPS) is 13.9. The number of carbonyl (C=O) groups is 2. The van der Waals surface area contributed by atoms with E-state index in [4.69, 9.17) is 0 Å². The van der Waals surface area contributed by atoms with Crippen LogP contribution in [0, 0.1) is 6.92 Å². The number of amides is 1. The maximum Gasteiger partial charge on any atom is 0.251 e. The molecule has 1 heterocycles. The van der Waals surface area contributed by atoms with Gasteiger partial charge >= 0.3 is 0 Å². The van der Waals surface area contributed by atoms with E-state index in [1.54, 1.807) is 23.9 Å². The molecule has 1 aliphatic rings. The summed E-state index contributed by atoms with van der Waals surface area (Å²) in [6.07, 6.45) is 0. The van der Waals surface area contributed by atoms with Gasteiger partial charge in [0.1, 0.15) is 0 Å². The number of ketones is 1. The third-order valence-electron chi connectivity index (χ3n) is 5.12. The van der Waals surface area contributed by atoms with Gasteiger partial charge in [-0.2, -0.15) is 11.8 Å². The maximum atomic E-state index is 13.0. The fourth-order valence-electron chi connectivity index (χ4n) is 3.44. The molecule has 3 aromatic rings. The molecule has 0 saturated carbocycles. The molecule has 3 aromatic carbocycles. The summed E-state index contributed by atoms with van der Waals surface area (Å²) in [6, 6.07) is 18.7. The highest BCUT2D eigenvalue weighted by Gasteiger charge is 2.34. The summed E-state index contributed by atoms with van der Waals surface area (Å²) < 4.78 is 26.0. The van der Waals surface area contributed by atoms with Crippen molar-refractivity contribution < 1.29 is 18.0 Å². The molecule has 0 bridgehead atoms. The van der Waals surface area contributed by atoms with Crippen LogP contribution in [0.25, 0.3) is 0 Å². The average molecular weight is 452 g/mol. The van der Waals surface area contributed by atoms with Gasteiger partial charge in [0.2, 0.25) is 9.84 Å². The first-order valence-electron chi connectivity index (χ1n) is 9.82. The summed E-state index contributed by atoms with van der Waals surface area (Å²) in [6.45, 7) is 2.51. The lowest BCUT2D eigenvalue weighted by atomic mass is 10.0. The highest BCUT2D eigenvalue weighted by atomic mass is 32.2. The monoisotopic (exact) mass is 451 g/mol. The molecule has 7 heteroatoms. The van der Waals surface area contributed by atoms with Gasteiger partial charge in [-0.25, -0.2) is 8.42 Å². The lowest BCUT2D eigenvalue weighted by molar-refractivity contribution is 0.0954. The molecule has 0 spiro atoms. The first-order valence-corrected chi connectivity index (χ1v) is 12.5. The van der Waals surface area contributed by atoms with E-state index in [0.717, 1.165) is 11.5 Å². The van der Waals surface area contributed by atoms with Gasteiger partial charge < -0.3 is 5.32 Å². The second-order valence-electron chi connectivity index (χ2n) is 7.33. The Morgan fingerprint density at radius 2 is 1.65 bits per heavy atom. The molecular weight excluding hydrogens is 430 g/mol. The molecule has 0 unspecified atom stereocenters. The van der Waals surface area contributed by atoms with Crippen LogP contribution in [-0.2, 0) is 15.6 Å². The Morgan fingerprint density at radius 3 is 2.42 bits per heavy atom. The number of aryl methyl sites for hydroxylation is 1. The Labute approximate surface area is 185 Å². The molecule has 0 aliphatic carbocycles. The number of nitrogens with one attached hydrogen (secondary N) is 1. The zero-order chi connectivity index (χ0) is 22.0. The average Bonchev–Trinajstić information content (AvgIpc) is 2.78. The third-order valence-corrected chi connectivity index (χ3v) is 8.00. The predicted octanol–water partition coefficient (Wildman–Crippen LogP) is 4.04. The van der Waals surface area contributed by atoms with Crippen molar-refractivity contribution in [3.63, 3.8) is 0 Å². The SMILES string of the molecule is Cc1ccc(CSCCNC(=O)c2ccc3c(c2)S(=O)(=O)c2ccccc2C3=O)cc1. The molecule has 0 saturated heterocycles. The molecule has 158 valence electrons. The Morgan fingerprint density at radius 1 is 0.935 bits per heavy atom. The standard InChI is InChI=1S/C24H21NO4S2/c1-16-6-8-17(9-7-16)15-30-13-12-25-24(27)18-10-11-20-22(14-18)31(28,29)21-5-3-2-4-19(21)23(20)26/h2-11,14H,12-13,15H2,1H3,(H,25,27). The van der Waals surface area contributed by atoms with Crippen molar-refractivity contribution in [1.82, 2.24) is 5.32 Å². The van der Waals surface area contributed by atoms with E-state index in [2.05, 4.69) is 29.6 Å². The van der Waals surface area contributed by atoms with Crippen molar-refractivity contribution in [2.75, 3.05) is 12.3 Å². The summed E-state index contributed by atoms with van der Waals surface area (Å²) in [7, 11) is -3.86. The summed E-state index contributed by atoms with van der Waals surface area (Å²) >= 11 is 1.71. The fraction of sp³-hybridized carbons (Fsp3) is 0.167. The lowest BCUT2D eigenvalue weighted by Crippen LogP contribution is -2.27. The molecule has 4 rings (SSSR count). The molecule has 1 aliphatic heterocycles. The molecular formula is C24H21NO4S2. The van der Waals surface area contributed by atoms with E-state index in [0.29, 0.717) is 6.54 Å². The maximum absolute atomic E-state index is 13.0. The smallest absolute Gasteiger partial charge is 0.251 e. The van der Waals surface area contributed by atoms with E-state index in [1.807, 2.05) is 6.92 Å². The van der Waals surface area contributed by atoms with Crippen LogP contribution in [0.15, 0.2) is 76.5 Å². The van der Waals surface area contributed by atoms with E-state index in [-0.39, 0.29) is 38.2 Å². The van der Waals surface area contributed by atoms with Crippen LogP contribution in [0.2, 0.25) is 0 Å². The largest absolute Gasteiger partial charge is 0.351 e. The summed E-state index contributed by atoms with van der Waals surface area (Å²) in [5.74, 6) is 0.879. The van der Waals surface area contributed by atoms with Crippen LogP contribution in [-0.4, -0.2) is 32.4 Å². The number of hydrogen-bond donors (Lipinski definition) is 1. The summed E-state index contributed by atoms with van der Waals surface area (Å²) in [5.41, 5.74) is 2.93. The molecule has 5 nitrogen and oxygen atoms in total. The lowest BCUT2D eigenvalue weighted by Gasteiger charge is -2.19. The summed E-state index contributed by atoms with van der Waals surface area (Å²) in [4.78, 5) is 25.1. The number of benzene rings is 3. The number of fused-ring (bicyclic) bond motifs is 2. The molecule has 1 amide bonds. The Hall–Kier alpha value is -2.90. The zero-order valence-corrected chi connectivity index (χ0v) is 18.6. The molecule has 0 fully saturated rings. The van der Waals surface area contributed by atoms with Crippen LogP contribution in [0.3, 0.4) is 0 Å². The third kappa shape index (κ3) is 4.29. The molecule has 0 radical (unpaired) electrons. The number of carbonyl (C=O) groups excluding carboxylic acids is 2. The van der Waals surface area contributed by atoms with Crippen LogP contribution in [0.4, 0.5) is 0 Å². The number of thioether (sulfide) groups is 1. The summed E-state index contributed by atoms with van der Waals surface area (Å²) in [5, 5.41) is 2.82. The number of sulfone groups is 1. The van der Waals surface area contributed by atoms with Crippen LogP contribution >= 0.6 is 11.8 Å². The minimum absolute atomic E-state index is 0.0161. The van der Waals surface area contributed by atoms with E-state index in [1.165, 1.54) is 41.5 Å². The van der Waals surface area contributed by atoms with Crippen molar-refractivity contribution >= 4 is 33.3 Å². The van der Waals surface area contributed by atoms with Gasteiger partial charge in [-0.1, -0.05) is 42.0 Å². The van der Waals surface area contributed by atoms with Gasteiger partial charge in [0.25, 0.3) is 5.91 Å². The Balaban J connectivity index is 1.42. The van der Waals surface area contributed by atoms with Gasteiger partial charge in [0.15, 0.2) is 5.78 Å². The quantitative estimate of drug-likeness (QED) is 0.448. The van der Waals surface area contributed by atoms with Gasteiger partial charge in [-0.15, -0.1) is 0 Å². The van der Waals surface area contributed by atoms with E-state index in [9.17, 15) is 18.0 Å². The molecule has 0 aromatic heterocycles. The first-order chi connectivity index (χ1) is 14.9. The first kappa shape index (κ1) is 21.3. The minimum atomic E-state index is -3.86.